The van der Waals surface area contributed by atoms with E-state index in [4.69, 9.17) is 16.4 Å². The summed E-state index contributed by atoms with van der Waals surface area (Å²) in [6, 6.07) is 7.75. The Bertz CT molecular complexity index is 464. The zero-order valence-electron chi connectivity index (χ0n) is 13.8. The fourth-order valence-electron chi connectivity index (χ4n) is 1.97. The Morgan fingerprint density at radius 1 is 1.18 bits per heavy atom. The van der Waals surface area contributed by atoms with Gasteiger partial charge in [-0.3, -0.25) is 10.3 Å². The summed E-state index contributed by atoms with van der Waals surface area (Å²) in [7, 11) is 0. The molecule has 22 heavy (non-hydrogen) atoms. The van der Waals surface area contributed by atoms with E-state index < -0.39 is 0 Å². The largest absolute Gasteiger partial charge is 0.301 e. The van der Waals surface area contributed by atoms with Crippen LogP contribution in [0.1, 0.15) is 32.8 Å². The van der Waals surface area contributed by atoms with Crippen LogP contribution in [0.2, 0.25) is 5.02 Å². The number of benzene rings is 1. The van der Waals surface area contributed by atoms with E-state index >= 15 is 0 Å². The highest BCUT2D eigenvalue weighted by Crippen LogP contribution is 2.11. The van der Waals surface area contributed by atoms with Gasteiger partial charge in [0.05, 0.1) is 12.3 Å². The first-order valence-electron chi connectivity index (χ1n) is 7.93. The third-order valence-electron chi connectivity index (χ3n) is 3.34. The van der Waals surface area contributed by atoms with Gasteiger partial charge in [0, 0.05) is 11.6 Å². The van der Waals surface area contributed by atoms with Gasteiger partial charge in [-0.05, 0) is 43.3 Å². The number of nitrogens with zero attached hydrogens (tertiary/aromatic N) is 1. The predicted molar refractivity (Wildman–Crippen MR) is 95.7 cm³/mol. The van der Waals surface area contributed by atoms with Gasteiger partial charge in [0.15, 0.2) is 0 Å². The lowest BCUT2D eigenvalue weighted by Gasteiger charge is -2.17. The van der Waals surface area contributed by atoms with Crippen LogP contribution in [0.15, 0.2) is 42.1 Å². The molecular weight excluding hydrogens is 296 g/mol. The van der Waals surface area contributed by atoms with Crippen LogP contribution in [0.4, 0.5) is 0 Å². The van der Waals surface area contributed by atoms with E-state index in [1.807, 2.05) is 36.4 Å². The summed E-state index contributed by atoms with van der Waals surface area (Å²) in [4.78, 5) is 7.89. The second-order valence-electron chi connectivity index (χ2n) is 4.93. The molecule has 0 aliphatic rings. The summed E-state index contributed by atoms with van der Waals surface area (Å²) in [6.07, 6.45) is 7.11. The standard InChI is InChI=1S/C18H27ClN2O/c1-4-7-18(20-22-15-14-21(5-2)6-3)13-10-16-8-11-17(19)12-9-16/h7-13,20H,4-6,14-15H2,1-3H3. The van der Waals surface area contributed by atoms with Crippen LogP contribution in [0.5, 0.6) is 0 Å². The van der Waals surface area contributed by atoms with Crippen molar-refractivity contribution < 1.29 is 4.84 Å². The average molecular weight is 323 g/mol. The highest BCUT2D eigenvalue weighted by molar-refractivity contribution is 6.30. The Balaban J connectivity index is 2.45. The van der Waals surface area contributed by atoms with Crippen LogP contribution in [-0.4, -0.2) is 31.1 Å². The van der Waals surface area contributed by atoms with E-state index in [2.05, 4.69) is 37.2 Å². The van der Waals surface area contributed by atoms with Gasteiger partial charge in [0.25, 0.3) is 0 Å². The van der Waals surface area contributed by atoms with Crippen molar-refractivity contribution in [2.75, 3.05) is 26.2 Å². The van der Waals surface area contributed by atoms with Crippen LogP contribution in [0, 0.1) is 0 Å². The lowest BCUT2D eigenvalue weighted by molar-refractivity contribution is 0.0485. The number of nitrogens with one attached hydrogen (secondary N) is 1. The quantitative estimate of drug-likeness (QED) is 0.389. The number of hydrogen-bond donors (Lipinski definition) is 1. The number of likely N-dealkylation sites (N-methyl/N-ethyl adjacent to an activating group) is 1. The van der Waals surface area contributed by atoms with Crippen LogP contribution in [0.25, 0.3) is 6.08 Å². The van der Waals surface area contributed by atoms with Crippen LogP contribution >= 0.6 is 11.6 Å². The van der Waals surface area contributed by atoms with E-state index in [0.717, 1.165) is 42.3 Å². The highest BCUT2D eigenvalue weighted by atomic mass is 35.5. The third kappa shape index (κ3) is 7.64. The van der Waals surface area contributed by atoms with Crippen LogP contribution in [-0.2, 0) is 4.84 Å². The first-order chi connectivity index (χ1) is 10.7. The van der Waals surface area contributed by atoms with Gasteiger partial charge in [-0.25, -0.2) is 0 Å². The Morgan fingerprint density at radius 2 is 1.86 bits per heavy atom. The first kappa shape index (κ1) is 18.8. The summed E-state index contributed by atoms with van der Waals surface area (Å²) in [6.45, 7) is 10.1. The van der Waals surface area contributed by atoms with Gasteiger partial charge in [-0.15, -0.1) is 0 Å². The molecule has 0 aliphatic carbocycles. The van der Waals surface area contributed by atoms with Crippen molar-refractivity contribution in [2.24, 2.45) is 0 Å². The first-order valence-corrected chi connectivity index (χ1v) is 8.31. The van der Waals surface area contributed by atoms with Crippen molar-refractivity contribution >= 4 is 17.7 Å². The molecule has 0 aliphatic heterocycles. The summed E-state index contributed by atoms with van der Waals surface area (Å²) in [5, 5.41) is 0.749. The smallest absolute Gasteiger partial charge is 0.0873 e. The molecule has 1 rings (SSSR count). The van der Waals surface area contributed by atoms with Crippen molar-refractivity contribution in [3.05, 3.63) is 52.7 Å². The molecule has 0 saturated heterocycles. The Kier molecular flexibility index (Phi) is 9.64. The molecule has 0 saturated carbocycles. The molecule has 0 atom stereocenters. The molecule has 4 heteroatoms. The summed E-state index contributed by atoms with van der Waals surface area (Å²) in [5.41, 5.74) is 5.10. The molecule has 3 nitrogen and oxygen atoms in total. The van der Waals surface area contributed by atoms with Gasteiger partial charge in [0.1, 0.15) is 0 Å². The van der Waals surface area contributed by atoms with Crippen molar-refractivity contribution in [3.63, 3.8) is 0 Å². The lowest BCUT2D eigenvalue weighted by atomic mass is 10.2. The molecular formula is C18H27ClN2O. The molecule has 1 N–H and O–H groups in total. The van der Waals surface area contributed by atoms with Crippen LogP contribution in [0.3, 0.4) is 0 Å². The Morgan fingerprint density at radius 3 is 2.45 bits per heavy atom. The van der Waals surface area contributed by atoms with E-state index in [0.29, 0.717) is 6.61 Å². The predicted octanol–water partition coefficient (Wildman–Crippen LogP) is 4.51. The van der Waals surface area contributed by atoms with E-state index in [-0.39, 0.29) is 0 Å². The highest BCUT2D eigenvalue weighted by Gasteiger charge is 1.98. The molecule has 0 unspecified atom stereocenters. The van der Waals surface area contributed by atoms with E-state index in [1.165, 1.54) is 0 Å². The average Bonchev–Trinajstić information content (AvgIpc) is 2.54. The van der Waals surface area contributed by atoms with Crippen molar-refractivity contribution in [2.45, 2.75) is 27.2 Å². The van der Waals surface area contributed by atoms with Gasteiger partial charge < -0.3 is 4.90 Å². The Labute approximate surface area is 139 Å². The minimum atomic E-state index is 0.664. The molecule has 0 fully saturated rings. The minimum Gasteiger partial charge on any atom is -0.301 e. The minimum absolute atomic E-state index is 0.664. The number of hydrogen-bond acceptors (Lipinski definition) is 3. The molecule has 0 bridgehead atoms. The maximum atomic E-state index is 5.89. The fraction of sp³-hybridized carbons (Fsp3) is 0.444. The van der Waals surface area contributed by atoms with Crippen molar-refractivity contribution in [1.82, 2.24) is 10.4 Å². The molecule has 0 aromatic heterocycles. The molecule has 0 radical (unpaired) electrons. The maximum absolute atomic E-state index is 5.89. The summed E-state index contributed by atoms with van der Waals surface area (Å²) >= 11 is 5.89. The second kappa shape index (κ2) is 11.3. The number of halogens is 1. The van der Waals surface area contributed by atoms with Crippen molar-refractivity contribution in [1.29, 1.82) is 0 Å². The van der Waals surface area contributed by atoms with E-state index in [9.17, 15) is 0 Å². The third-order valence-corrected chi connectivity index (χ3v) is 3.60. The zero-order valence-corrected chi connectivity index (χ0v) is 14.6. The van der Waals surface area contributed by atoms with Crippen molar-refractivity contribution in [3.8, 4) is 0 Å². The monoisotopic (exact) mass is 322 g/mol. The molecule has 0 amide bonds. The molecule has 0 spiro atoms. The number of rotatable bonds is 10. The topological polar surface area (TPSA) is 24.5 Å². The zero-order chi connectivity index (χ0) is 16.2. The van der Waals surface area contributed by atoms with Gasteiger partial charge in [-0.1, -0.05) is 56.7 Å². The maximum Gasteiger partial charge on any atom is 0.0873 e. The summed E-state index contributed by atoms with van der Waals surface area (Å²) in [5.74, 6) is 0. The second-order valence-corrected chi connectivity index (χ2v) is 5.37. The molecule has 0 heterocycles. The fourth-order valence-corrected chi connectivity index (χ4v) is 2.10. The number of hydroxylamine groups is 1. The Hall–Kier alpha value is -1.29. The normalized spacial score (nSPS) is 12.3. The molecule has 1 aromatic carbocycles. The molecule has 1 aromatic rings. The van der Waals surface area contributed by atoms with Crippen LogP contribution < -0.4 is 5.48 Å². The van der Waals surface area contributed by atoms with E-state index in [1.54, 1.807) is 0 Å². The lowest BCUT2D eigenvalue weighted by Crippen LogP contribution is -2.29. The van der Waals surface area contributed by atoms with Gasteiger partial charge >= 0.3 is 0 Å². The summed E-state index contributed by atoms with van der Waals surface area (Å²) < 4.78 is 0. The molecule has 122 valence electrons. The SMILES string of the molecule is CCC=C(C=Cc1ccc(Cl)cc1)NOCCN(CC)CC. The van der Waals surface area contributed by atoms with Gasteiger partial charge in [-0.2, -0.15) is 0 Å². The number of allylic oxidation sites excluding steroid dienone is 2. The van der Waals surface area contributed by atoms with Gasteiger partial charge in [0.2, 0.25) is 0 Å².